The first-order valence-corrected chi connectivity index (χ1v) is 8.08. The van der Waals surface area contributed by atoms with E-state index < -0.39 is 10.0 Å². The van der Waals surface area contributed by atoms with Crippen LogP contribution in [0.15, 0.2) is 17.3 Å². The van der Waals surface area contributed by atoms with Crippen molar-refractivity contribution < 1.29 is 13.2 Å². The van der Waals surface area contributed by atoms with Gasteiger partial charge < -0.3 is 4.74 Å². The average Bonchev–Trinajstić information content (AvgIpc) is 2.95. The molecule has 8 nitrogen and oxygen atoms in total. The summed E-state index contributed by atoms with van der Waals surface area (Å²) in [5, 5.41) is 4.09. The Kier molecular flexibility index (Phi) is 2.94. The van der Waals surface area contributed by atoms with E-state index in [0.29, 0.717) is 13.2 Å². The van der Waals surface area contributed by atoms with Gasteiger partial charge in [0, 0.05) is 5.41 Å². The number of ether oxygens (including phenoxy) is 1. The van der Waals surface area contributed by atoms with E-state index in [-0.39, 0.29) is 22.0 Å². The fourth-order valence-electron chi connectivity index (χ4n) is 1.92. The summed E-state index contributed by atoms with van der Waals surface area (Å²) < 4.78 is 41.6. The molecule has 1 aliphatic heterocycles. The zero-order valence-electron chi connectivity index (χ0n) is 10.9. The average molecular weight is 315 g/mol. The van der Waals surface area contributed by atoms with E-state index in [1.54, 1.807) is 4.68 Å². The normalized spacial score (nSPS) is 17.3. The molecule has 0 bridgehead atoms. The van der Waals surface area contributed by atoms with Gasteiger partial charge in [0.2, 0.25) is 5.88 Å². The lowest BCUT2D eigenvalue weighted by Crippen LogP contribution is -2.33. The molecule has 0 atom stereocenters. The van der Waals surface area contributed by atoms with Gasteiger partial charge in [-0.05, 0) is 0 Å². The highest BCUT2D eigenvalue weighted by atomic mass is 32.2. The van der Waals surface area contributed by atoms with E-state index in [0.717, 1.165) is 11.7 Å². The van der Waals surface area contributed by atoms with Crippen LogP contribution in [0.25, 0.3) is 0 Å². The second kappa shape index (κ2) is 4.42. The van der Waals surface area contributed by atoms with Gasteiger partial charge in [-0.1, -0.05) is 13.8 Å². The number of nitrogens with zero attached hydrogens (tertiary/aromatic N) is 4. The van der Waals surface area contributed by atoms with Crippen LogP contribution in [0.1, 0.15) is 13.8 Å². The number of fused-ring (bicyclic) bond motifs is 1. The summed E-state index contributed by atoms with van der Waals surface area (Å²) in [6.07, 6.45) is 2.64. The van der Waals surface area contributed by atoms with E-state index in [9.17, 15) is 8.42 Å². The summed E-state index contributed by atoms with van der Waals surface area (Å²) in [5.74, 6) is 0.450. The number of anilines is 1. The van der Waals surface area contributed by atoms with Crippen LogP contribution in [0, 0.1) is 5.41 Å². The van der Waals surface area contributed by atoms with Crippen LogP contribution >= 0.6 is 11.7 Å². The molecule has 3 rings (SSSR count). The van der Waals surface area contributed by atoms with Crippen molar-refractivity contribution in [1.82, 2.24) is 18.5 Å². The molecule has 3 heterocycles. The monoisotopic (exact) mass is 315 g/mol. The fourth-order valence-corrected chi connectivity index (χ4v) is 3.41. The Morgan fingerprint density at radius 3 is 2.95 bits per heavy atom. The topological polar surface area (TPSA) is 99.0 Å². The largest absolute Gasteiger partial charge is 0.476 e. The summed E-state index contributed by atoms with van der Waals surface area (Å²) in [6.45, 7) is 5.12. The van der Waals surface area contributed by atoms with Gasteiger partial charge in [-0.2, -0.15) is 13.8 Å². The minimum absolute atomic E-state index is 0.0148. The summed E-state index contributed by atoms with van der Waals surface area (Å²) in [6, 6.07) is 0. The van der Waals surface area contributed by atoms with Gasteiger partial charge in [0.1, 0.15) is 0 Å². The van der Waals surface area contributed by atoms with Crippen LogP contribution in [0.4, 0.5) is 5.82 Å². The third-order valence-electron chi connectivity index (χ3n) is 2.83. The molecule has 10 heteroatoms. The highest BCUT2D eigenvalue weighted by Gasteiger charge is 2.33. The van der Waals surface area contributed by atoms with E-state index in [1.165, 1.54) is 12.4 Å². The van der Waals surface area contributed by atoms with Crippen molar-refractivity contribution in [2.75, 3.05) is 11.3 Å². The van der Waals surface area contributed by atoms with Crippen molar-refractivity contribution in [2.24, 2.45) is 5.41 Å². The second-order valence-electron chi connectivity index (χ2n) is 5.32. The molecule has 108 valence electrons. The lowest BCUT2D eigenvalue weighted by atomic mass is 9.94. The zero-order chi connectivity index (χ0) is 14.4. The zero-order valence-corrected chi connectivity index (χ0v) is 12.5. The minimum Gasteiger partial charge on any atom is -0.476 e. The maximum absolute atomic E-state index is 12.3. The van der Waals surface area contributed by atoms with Crippen molar-refractivity contribution in [3.63, 3.8) is 0 Å². The van der Waals surface area contributed by atoms with Crippen LogP contribution in [0.3, 0.4) is 0 Å². The van der Waals surface area contributed by atoms with Crippen molar-refractivity contribution in [1.29, 1.82) is 0 Å². The molecule has 0 amide bonds. The van der Waals surface area contributed by atoms with Crippen LogP contribution in [-0.4, -0.2) is 33.6 Å². The predicted molar refractivity (Wildman–Crippen MR) is 72.2 cm³/mol. The molecule has 1 N–H and O–H groups in total. The van der Waals surface area contributed by atoms with Crippen LogP contribution in [-0.2, 0) is 16.6 Å². The molecule has 0 spiro atoms. The number of hydrogen-bond acceptors (Lipinski definition) is 7. The lowest BCUT2D eigenvalue weighted by Gasteiger charge is -2.30. The van der Waals surface area contributed by atoms with Gasteiger partial charge in [0.25, 0.3) is 10.0 Å². The Labute approximate surface area is 120 Å². The molecule has 0 saturated heterocycles. The molecule has 0 aliphatic carbocycles. The van der Waals surface area contributed by atoms with E-state index in [2.05, 4.69) is 18.6 Å². The highest BCUT2D eigenvalue weighted by molar-refractivity contribution is 7.92. The molecule has 0 radical (unpaired) electrons. The number of sulfonamides is 1. The molecular weight excluding hydrogens is 302 g/mol. The first-order valence-electron chi connectivity index (χ1n) is 5.86. The highest BCUT2D eigenvalue weighted by Crippen LogP contribution is 2.33. The van der Waals surface area contributed by atoms with Crippen LogP contribution < -0.4 is 9.46 Å². The quantitative estimate of drug-likeness (QED) is 0.905. The van der Waals surface area contributed by atoms with Gasteiger partial charge in [0.15, 0.2) is 10.7 Å². The smallest absolute Gasteiger partial charge is 0.270 e. The Morgan fingerprint density at radius 1 is 1.45 bits per heavy atom. The number of nitrogens with one attached hydrogen (secondary N) is 1. The summed E-state index contributed by atoms with van der Waals surface area (Å²) in [4.78, 5) is 0.0148. The van der Waals surface area contributed by atoms with Crippen molar-refractivity contribution in [2.45, 2.75) is 25.3 Å². The predicted octanol–water partition coefficient (Wildman–Crippen LogP) is 0.954. The van der Waals surface area contributed by atoms with Crippen LogP contribution in [0.5, 0.6) is 5.88 Å². The Hall–Kier alpha value is -1.68. The van der Waals surface area contributed by atoms with Gasteiger partial charge in [-0.25, -0.2) is 13.1 Å². The summed E-state index contributed by atoms with van der Waals surface area (Å²) >= 11 is 0.927. The fraction of sp³-hybridized carbons (Fsp3) is 0.500. The summed E-state index contributed by atoms with van der Waals surface area (Å²) in [7, 11) is -3.77. The van der Waals surface area contributed by atoms with Crippen molar-refractivity contribution in [3.05, 3.63) is 12.4 Å². The third kappa shape index (κ3) is 2.36. The molecule has 0 aromatic carbocycles. The molecule has 0 unspecified atom stereocenters. The van der Waals surface area contributed by atoms with Crippen molar-refractivity contribution >= 4 is 27.6 Å². The standard InChI is InChI=1S/C10H13N5O3S2/c1-10(2)5-15-9(18-6-10)7(3-11-15)20(16,17)14-8-4-12-19-13-8/h3-4H,5-6H2,1-2H3,(H,13,14). The number of hydrogen-bond donors (Lipinski definition) is 1. The maximum Gasteiger partial charge on any atom is 0.270 e. The van der Waals surface area contributed by atoms with Gasteiger partial charge >= 0.3 is 0 Å². The molecular formula is C10H13N5O3S2. The Morgan fingerprint density at radius 2 is 2.25 bits per heavy atom. The van der Waals surface area contributed by atoms with E-state index in [1.807, 2.05) is 13.8 Å². The summed E-state index contributed by atoms with van der Waals surface area (Å²) in [5.41, 5.74) is -0.0771. The Balaban J connectivity index is 1.94. The first-order chi connectivity index (χ1) is 9.37. The molecule has 0 saturated carbocycles. The van der Waals surface area contributed by atoms with E-state index in [4.69, 9.17) is 4.74 Å². The van der Waals surface area contributed by atoms with Gasteiger partial charge in [0.05, 0.1) is 37.3 Å². The minimum atomic E-state index is -3.77. The first kappa shape index (κ1) is 13.3. The molecule has 1 aliphatic rings. The third-order valence-corrected chi connectivity index (χ3v) is 4.64. The number of aromatic nitrogens is 4. The SMILES string of the molecule is CC1(C)COc2c(S(=O)(=O)Nc3cnsn3)cnn2C1. The Bertz CT molecular complexity index is 720. The molecule has 20 heavy (non-hydrogen) atoms. The van der Waals surface area contributed by atoms with Gasteiger partial charge in [-0.15, -0.1) is 0 Å². The molecule has 2 aromatic rings. The molecule has 0 fully saturated rings. The second-order valence-corrected chi connectivity index (χ2v) is 7.53. The van der Waals surface area contributed by atoms with Crippen molar-refractivity contribution in [3.8, 4) is 5.88 Å². The molecule has 2 aromatic heterocycles. The maximum atomic E-state index is 12.3. The van der Waals surface area contributed by atoms with Gasteiger partial charge in [-0.3, -0.25) is 4.72 Å². The van der Waals surface area contributed by atoms with Crippen LogP contribution in [0.2, 0.25) is 0 Å². The lowest BCUT2D eigenvalue weighted by molar-refractivity contribution is 0.0971. The van der Waals surface area contributed by atoms with E-state index >= 15 is 0 Å². The number of rotatable bonds is 3.